The molecule has 4 heterocycles. The van der Waals surface area contributed by atoms with Crippen LogP contribution in [0.5, 0.6) is 5.75 Å². The summed E-state index contributed by atoms with van der Waals surface area (Å²) >= 11 is 0. The van der Waals surface area contributed by atoms with Gasteiger partial charge in [0.1, 0.15) is 34.8 Å². The SMILES string of the molecule is Cc1cc([C@](C)(O)C#Cc2ccc3c(c2)-c2nc(C(N)=O)cn2C[C@H](CN2CCOCC2)O3)no1. The van der Waals surface area contributed by atoms with Crippen LogP contribution in [0.1, 0.15) is 34.4 Å². The fourth-order valence-corrected chi connectivity index (χ4v) is 4.23. The van der Waals surface area contributed by atoms with Gasteiger partial charge in [-0.3, -0.25) is 9.69 Å². The maximum Gasteiger partial charge on any atom is 0.268 e. The molecule has 5 rings (SSSR count). The lowest BCUT2D eigenvalue weighted by Gasteiger charge is -2.30. The number of aromatic nitrogens is 3. The molecule has 1 saturated heterocycles. The van der Waals surface area contributed by atoms with Gasteiger partial charge in [-0.25, -0.2) is 4.98 Å². The normalized spacial score (nSPS) is 19.3. The van der Waals surface area contributed by atoms with Crippen LogP contribution in [0.15, 0.2) is 35.0 Å². The lowest BCUT2D eigenvalue weighted by molar-refractivity contribution is 0.0172. The highest BCUT2D eigenvalue weighted by atomic mass is 16.5. The molecule has 2 aromatic heterocycles. The van der Waals surface area contributed by atoms with E-state index in [1.165, 1.54) is 0 Å². The molecular weight excluding hydrogens is 450 g/mol. The zero-order chi connectivity index (χ0) is 24.6. The van der Waals surface area contributed by atoms with Crippen LogP contribution in [-0.4, -0.2) is 69.6 Å². The van der Waals surface area contributed by atoms with Crippen molar-refractivity contribution in [2.75, 3.05) is 32.8 Å². The van der Waals surface area contributed by atoms with E-state index in [4.69, 9.17) is 19.7 Å². The van der Waals surface area contributed by atoms with Crippen molar-refractivity contribution in [3.8, 4) is 29.0 Å². The van der Waals surface area contributed by atoms with Crippen molar-refractivity contribution in [2.45, 2.75) is 32.1 Å². The number of fused-ring (bicyclic) bond motifs is 3. The molecule has 0 saturated carbocycles. The average molecular weight is 478 g/mol. The van der Waals surface area contributed by atoms with Gasteiger partial charge in [0, 0.05) is 37.5 Å². The summed E-state index contributed by atoms with van der Waals surface area (Å²) in [5, 5.41) is 14.6. The summed E-state index contributed by atoms with van der Waals surface area (Å²) < 4.78 is 18.8. The molecule has 35 heavy (non-hydrogen) atoms. The van der Waals surface area contributed by atoms with Crippen LogP contribution in [0.4, 0.5) is 0 Å². The summed E-state index contributed by atoms with van der Waals surface area (Å²) in [4.78, 5) is 18.7. The Kier molecular flexibility index (Phi) is 6.06. The minimum absolute atomic E-state index is 0.156. The third kappa shape index (κ3) is 4.93. The second kappa shape index (κ2) is 9.19. The number of imidazole rings is 1. The summed E-state index contributed by atoms with van der Waals surface area (Å²) in [6, 6.07) is 7.16. The molecule has 182 valence electrons. The van der Waals surface area contributed by atoms with Gasteiger partial charge in [-0.05, 0) is 32.0 Å². The number of nitrogens with zero attached hydrogens (tertiary/aromatic N) is 4. The molecule has 0 spiro atoms. The number of carbonyl (C=O) groups is 1. The van der Waals surface area contributed by atoms with E-state index in [0.29, 0.717) is 60.5 Å². The number of morpholine rings is 1. The molecule has 2 atom stereocenters. The van der Waals surface area contributed by atoms with Gasteiger partial charge in [0.05, 0.1) is 25.3 Å². The van der Waals surface area contributed by atoms with Crippen LogP contribution in [0.2, 0.25) is 0 Å². The van der Waals surface area contributed by atoms with E-state index in [0.717, 1.165) is 13.1 Å². The van der Waals surface area contributed by atoms with Crippen molar-refractivity contribution >= 4 is 5.91 Å². The predicted octanol–water partition coefficient (Wildman–Crippen LogP) is 1.30. The van der Waals surface area contributed by atoms with E-state index in [1.54, 1.807) is 26.1 Å². The second-order valence-electron chi connectivity index (χ2n) is 8.98. The number of aryl methyl sites for hydroxylation is 1. The number of rotatable bonds is 4. The zero-order valence-electron chi connectivity index (χ0n) is 19.7. The molecule has 0 aliphatic carbocycles. The molecule has 3 N–H and O–H groups in total. The first-order valence-corrected chi connectivity index (χ1v) is 11.5. The maximum atomic E-state index is 11.9. The number of nitrogens with two attached hydrogens (primary N) is 1. The highest BCUT2D eigenvalue weighted by Gasteiger charge is 2.28. The van der Waals surface area contributed by atoms with E-state index >= 15 is 0 Å². The highest BCUT2D eigenvalue weighted by molar-refractivity contribution is 5.91. The monoisotopic (exact) mass is 477 g/mol. The Morgan fingerprint density at radius 1 is 1.31 bits per heavy atom. The molecule has 10 heteroatoms. The third-order valence-corrected chi connectivity index (χ3v) is 6.09. The molecular formula is C25H27N5O5. The summed E-state index contributed by atoms with van der Waals surface area (Å²) in [6.45, 7) is 7.63. The van der Waals surface area contributed by atoms with Gasteiger partial charge in [-0.15, -0.1) is 0 Å². The largest absolute Gasteiger partial charge is 0.486 e. The van der Waals surface area contributed by atoms with E-state index in [2.05, 4.69) is 26.9 Å². The van der Waals surface area contributed by atoms with Gasteiger partial charge in [0.15, 0.2) is 5.60 Å². The molecule has 0 unspecified atom stereocenters. The first-order valence-electron chi connectivity index (χ1n) is 11.5. The van der Waals surface area contributed by atoms with Crippen molar-refractivity contribution < 1.29 is 23.9 Å². The van der Waals surface area contributed by atoms with Crippen molar-refractivity contribution in [2.24, 2.45) is 5.73 Å². The minimum atomic E-state index is -1.48. The third-order valence-electron chi connectivity index (χ3n) is 6.09. The quantitative estimate of drug-likeness (QED) is 0.538. The highest BCUT2D eigenvalue weighted by Crippen LogP contribution is 2.34. The first-order chi connectivity index (χ1) is 16.8. The molecule has 1 amide bonds. The van der Waals surface area contributed by atoms with Gasteiger partial charge < -0.3 is 29.4 Å². The van der Waals surface area contributed by atoms with Crippen LogP contribution < -0.4 is 10.5 Å². The average Bonchev–Trinajstić information content (AvgIpc) is 3.43. The Bertz CT molecular complexity index is 1310. The topological polar surface area (TPSA) is 129 Å². The number of aliphatic hydroxyl groups is 1. The molecule has 1 aromatic carbocycles. The maximum absolute atomic E-state index is 11.9. The summed E-state index contributed by atoms with van der Waals surface area (Å²) in [5.74, 6) is 7.10. The molecule has 0 bridgehead atoms. The predicted molar refractivity (Wildman–Crippen MR) is 126 cm³/mol. The number of primary amides is 1. The standard InChI is InChI=1S/C25H27N5O5/c1-16-11-22(28-35-16)25(2,32)6-5-17-3-4-21-19(12-17)24-27-20(23(26)31)15-30(24)14-18(34-21)13-29-7-9-33-10-8-29/h3-4,11-12,15,18,32H,7-10,13-14H2,1-2H3,(H2,26,31)/t18-,25+/m0/s1. The lowest BCUT2D eigenvalue weighted by Crippen LogP contribution is -2.43. The van der Waals surface area contributed by atoms with Crippen LogP contribution in [0.25, 0.3) is 11.4 Å². The molecule has 2 aliphatic rings. The van der Waals surface area contributed by atoms with Crippen LogP contribution in [0, 0.1) is 18.8 Å². The minimum Gasteiger partial charge on any atom is -0.486 e. The number of amides is 1. The van der Waals surface area contributed by atoms with Crippen LogP contribution >= 0.6 is 0 Å². The number of hydrogen-bond acceptors (Lipinski definition) is 8. The summed E-state index contributed by atoms with van der Waals surface area (Å²) in [6.07, 6.45) is 1.51. The Morgan fingerprint density at radius 3 is 2.83 bits per heavy atom. The fourth-order valence-electron chi connectivity index (χ4n) is 4.23. The summed E-state index contributed by atoms with van der Waals surface area (Å²) in [7, 11) is 0. The van der Waals surface area contributed by atoms with Crippen molar-refractivity contribution in [1.29, 1.82) is 0 Å². The Hall–Kier alpha value is -3.65. The number of benzene rings is 1. The molecule has 3 aromatic rings. The Morgan fingerprint density at radius 2 is 2.11 bits per heavy atom. The Labute approximate surface area is 202 Å². The van der Waals surface area contributed by atoms with Crippen molar-refractivity contribution in [1.82, 2.24) is 19.6 Å². The van der Waals surface area contributed by atoms with E-state index < -0.39 is 11.5 Å². The van der Waals surface area contributed by atoms with Gasteiger partial charge >= 0.3 is 0 Å². The molecule has 0 radical (unpaired) electrons. The molecule has 1 fully saturated rings. The smallest absolute Gasteiger partial charge is 0.268 e. The summed E-state index contributed by atoms with van der Waals surface area (Å²) in [5.41, 5.74) is 5.92. The molecule has 2 aliphatic heterocycles. The lowest BCUT2D eigenvalue weighted by atomic mass is 10.0. The van der Waals surface area contributed by atoms with Crippen LogP contribution in [0.3, 0.4) is 0 Å². The van der Waals surface area contributed by atoms with Gasteiger partial charge in [0.25, 0.3) is 5.91 Å². The Balaban J connectivity index is 1.49. The van der Waals surface area contributed by atoms with Gasteiger partial charge in [-0.2, -0.15) is 0 Å². The molecule has 10 nitrogen and oxygen atoms in total. The first kappa shape index (κ1) is 23.1. The van der Waals surface area contributed by atoms with Crippen LogP contribution in [-0.2, 0) is 16.9 Å². The van der Waals surface area contributed by atoms with E-state index in [1.807, 2.05) is 22.8 Å². The number of ether oxygens (including phenoxy) is 2. The second-order valence-corrected chi connectivity index (χ2v) is 8.98. The number of hydrogen-bond donors (Lipinski definition) is 2. The van der Waals surface area contributed by atoms with Gasteiger partial charge in [0.2, 0.25) is 0 Å². The van der Waals surface area contributed by atoms with Gasteiger partial charge in [-0.1, -0.05) is 17.0 Å². The van der Waals surface area contributed by atoms with E-state index in [-0.39, 0.29) is 11.8 Å². The zero-order valence-corrected chi connectivity index (χ0v) is 19.7. The number of carbonyl (C=O) groups excluding carboxylic acids is 1. The van der Waals surface area contributed by atoms with Crippen molar-refractivity contribution in [3.05, 3.63) is 53.2 Å². The van der Waals surface area contributed by atoms with Crippen molar-refractivity contribution in [3.63, 3.8) is 0 Å². The fraction of sp³-hybridized carbons (Fsp3) is 0.400. The van der Waals surface area contributed by atoms with E-state index in [9.17, 15) is 9.90 Å².